The number of hydrogen-bond donors (Lipinski definition) is 1. The van der Waals surface area contributed by atoms with Crippen molar-refractivity contribution in [3.63, 3.8) is 0 Å². The fraction of sp³-hybridized carbons (Fsp3) is 0.387. The van der Waals surface area contributed by atoms with Gasteiger partial charge in [-0.25, -0.2) is 9.97 Å². The summed E-state index contributed by atoms with van der Waals surface area (Å²) in [7, 11) is 1.78. The second-order valence-electron chi connectivity index (χ2n) is 9.90. The largest absolute Gasteiger partial charge is 0.435 e. The van der Waals surface area contributed by atoms with Gasteiger partial charge < -0.3 is 24.6 Å². The Morgan fingerprint density at radius 3 is 2.31 bits per heavy atom. The minimum Gasteiger partial charge on any atom is -0.435 e. The van der Waals surface area contributed by atoms with Gasteiger partial charge in [0.2, 0.25) is 0 Å². The van der Waals surface area contributed by atoms with Gasteiger partial charge in [0.25, 0.3) is 5.91 Å². The quantitative estimate of drug-likeness (QED) is 0.164. The lowest BCUT2D eigenvalue weighted by atomic mass is 10.1. The molecule has 4 rings (SSSR count). The van der Waals surface area contributed by atoms with E-state index in [-0.39, 0.29) is 11.7 Å². The average Bonchev–Trinajstić information content (AvgIpc) is 3.42. The second kappa shape index (κ2) is 15.2. The highest BCUT2D eigenvalue weighted by Crippen LogP contribution is 2.27. The summed E-state index contributed by atoms with van der Waals surface area (Å²) in [5.74, 6) is 0.544. The van der Waals surface area contributed by atoms with E-state index in [1.807, 2.05) is 16.5 Å². The van der Waals surface area contributed by atoms with Crippen LogP contribution in [-0.4, -0.2) is 83.1 Å². The predicted molar refractivity (Wildman–Crippen MR) is 160 cm³/mol. The lowest BCUT2D eigenvalue weighted by Gasteiger charge is -2.21. The molecule has 1 amide bonds. The Morgan fingerprint density at radius 2 is 1.64 bits per heavy atom. The van der Waals surface area contributed by atoms with Gasteiger partial charge >= 0.3 is 6.61 Å². The fourth-order valence-electron chi connectivity index (χ4n) is 4.65. The highest BCUT2D eigenvalue weighted by atomic mass is 19.3. The van der Waals surface area contributed by atoms with E-state index in [2.05, 4.69) is 38.8 Å². The average molecular weight is 581 g/mol. The summed E-state index contributed by atoms with van der Waals surface area (Å²) < 4.78 is 37.0. The molecule has 42 heavy (non-hydrogen) atoms. The number of imidazole rings is 1. The van der Waals surface area contributed by atoms with Gasteiger partial charge in [-0.3, -0.25) is 9.20 Å². The Balaban J connectivity index is 1.33. The number of rotatable bonds is 16. The van der Waals surface area contributed by atoms with Gasteiger partial charge in [0, 0.05) is 49.3 Å². The van der Waals surface area contributed by atoms with E-state index >= 15 is 0 Å². The number of aromatic nitrogens is 3. The van der Waals surface area contributed by atoms with Crippen LogP contribution in [0.1, 0.15) is 37.0 Å². The standard InChI is InChI=1S/C31H38F2N6O3/c1-4-15-38(16-5-2)19-21-41-20-18-37(3)30(40)24-6-10-25(11-7-24)36-28-29-35-22-27(39(29)17-14-34-28)23-8-12-26(13-9-23)42-31(32)33/h6-14,17,22,31H,4-5,15-16,18-21H2,1-3H3,(H,34,36). The van der Waals surface area contributed by atoms with Crippen LogP contribution >= 0.6 is 0 Å². The minimum atomic E-state index is -2.87. The number of amides is 1. The number of benzene rings is 2. The van der Waals surface area contributed by atoms with Gasteiger partial charge in [-0.2, -0.15) is 8.78 Å². The smallest absolute Gasteiger partial charge is 0.387 e. The van der Waals surface area contributed by atoms with Gasteiger partial charge in [0.1, 0.15) is 5.75 Å². The normalized spacial score (nSPS) is 11.4. The van der Waals surface area contributed by atoms with E-state index in [1.54, 1.807) is 54.8 Å². The van der Waals surface area contributed by atoms with Gasteiger partial charge in [-0.1, -0.05) is 13.8 Å². The number of halogens is 2. The van der Waals surface area contributed by atoms with E-state index in [0.717, 1.165) is 49.4 Å². The number of nitrogens with zero attached hydrogens (tertiary/aromatic N) is 5. The van der Waals surface area contributed by atoms with Crippen molar-refractivity contribution >= 4 is 23.1 Å². The molecule has 0 spiro atoms. The predicted octanol–water partition coefficient (Wildman–Crippen LogP) is 5.95. The van der Waals surface area contributed by atoms with Crippen molar-refractivity contribution in [2.45, 2.75) is 33.3 Å². The van der Waals surface area contributed by atoms with E-state index in [4.69, 9.17) is 4.74 Å². The molecule has 0 radical (unpaired) electrons. The molecule has 224 valence electrons. The lowest BCUT2D eigenvalue weighted by Crippen LogP contribution is -2.32. The van der Waals surface area contributed by atoms with Crippen molar-refractivity contribution in [2.75, 3.05) is 51.8 Å². The number of carbonyl (C=O) groups excluding carboxylic acids is 1. The van der Waals surface area contributed by atoms with Crippen LogP contribution in [0.25, 0.3) is 16.9 Å². The molecule has 0 saturated heterocycles. The molecule has 0 bridgehead atoms. The molecule has 4 aromatic rings. The third kappa shape index (κ3) is 8.23. The van der Waals surface area contributed by atoms with E-state index in [1.165, 1.54) is 12.1 Å². The summed E-state index contributed by atoms with van der Waals surface area (Å²) in [6.07, 6.45) is 7.37. The summed E-state index contributed by atoms with van der Waals surface area (Å²) in [6.45, 7) is 6.20. The number of likely N-dealkylation sites (N-methyl/N-ethyl adjacent to an activating group) is 1. The van der Waals surface area contributed by atoms with Crippen LogP contribution in [0.15, 0.2) is 67.1 Å². The fourth-order valence-corrected chi connectivity index (χ4v) is 4.65. The Morgan fingerprint density at radius 1 is 0.952 bits per heavy atom. The molecule has 11 heteroatoms. The van der Waals surface area contributed by atoms with Crippen molar-refractivity contribution < 1.29 is 23.0 Å². The first-order chi connectivity index (χ1) is 20.4. The van der Waals surface area contributed by atoms with Crippen molar-refractivity contribution in [2.24, 2.45) is 0 Å². The van der Waals surface area contributed by atoms with Gasteiger partial charge in [0.15, 0.2) is 11.5 Å². The topological polar surface area (TPSA) is 84.2 Å². The summed E-state index contributed by atoms with van der Waals surface area (Å²) >= 11 is 0. The number of alkyl halides is 2. The van der Waals surface area contributed by atoms with Crippen molar-refractivity contribution in [1.82, 2.24) is 24.2 Å². The number of ether oxygens (including phenoxy) is 2. The Kier molecular flexibility index (Phi) is 11.2. The zero-order chi connectivity index (χ0) is 29.9. The minimum absolute atomic E-state index is 0.0770. The number of carbonyl (C=O) groups is 1. The second-order valence-corrected chi connectivity index (χ2v) is 9.90. The molecular weight excluding hydrogens is 542 g/mol. The summed E-state index contributed by atoms with van der Waals surface area (Å²) in [6, 6.07) is 13.6. The lowest BCUT2D eigenvalue weighted by molar-refractivity contribution is -0.0498. The number of nitrogens with one attached hydrogen (secondary N) is 1. The van der Waals surface area contributed by atoms with Crippen LogP contribution in [-0.2, 0) is 4.74 Å². The van der Waals surface area contributed by atoms with Gasteiger partial charge in [0.05, 0.1) is 25.1 Å². The van der Waals surface area contributed by atoms with E-state index in [9.17, 15) is 13.6 Å². The summed E-state index contributed by atoms with van der Waals surface area (Å²) in [4.78, 5) is 25.9. The van der Waals surface area contributed by atoms with Gasteiger partial charge in [-0.05, 0) is 74.5 Å². The summed E-state index contributed by atoms with van der Waals surface area (Å²) in [5.41, 5.74) is 3.47. The monoisotopic (exact) mass is 580 g/mol. The molecule has 0 atom stereocenters. The van der Waals surface area contributed by atoms with E-state index in [0.29, 0.717) is 36.8 Å². The van der Waals surface area contributed by atoms with E-state index < -0.39 is 6.61 Å². The molecule has 2 heterocycles. The molecule has 2 aromatic heterocycles. The number of anilines is 2. The molecule has 1 N–H and O–H groups in total. The van der Waals surface area contributed by atoms with Gasteiger partial charge in [-0.15, -0.1) is 0 Å². The van der Waals surface area contributed by atoms with Crippen molar-refractivity contribution in [3.05, 3.63) is 72.7 Å². The first kappa shape index (κ1) is 30.9. The van der Waals surface area contributed by atoms with Crippen LogP contribution in [0.2, 0.25) is 0 Å². The molecule has 9 nitrogen and oxygen atoms in total. The van der Waals surface area contributed by atoms with Crippen LogP contribution in [0.4, 0.5) is 20.3 Å². The Bertz CT molecular complexity index is 1410. The van der Waals surface area contributed by atoms with Crippen molar-refractivity contribution in [3.8, 4) is 17.0 Å². The molecule has 2 aromatic carbocycles. The van der Waals surface area contributed by atoms with Crippen molar-refractivity contribution in [1.29, 1.82) is 0 Å². The summed E-state index contributed by atoms with van der Waals surface area (Å²) in [5, 5.41) is 3.27. The number of fused-ring (bicyclic) bond motifs is 1. The first-order valence-electron chi connectivity index (χ1n) is 14.2. The van der Waals surface area contributed by atoms with Crippen LogP contribution < -0.4 is 10.1 Å². The number of hydrogen-bond acceptors (Lipinski definition) is 7. The third-order valence-electron chi connectivity index (χ3n) is 6.75. The Labute approximate surface area is 245 Å². The maximum atomic E-state index is 12.9. The Hall–Kier alpha value is -4.09. The highest BCUT2D eigenvalue weighted by molar-refractivity contribution is 5.94. The van der Waals surface area contributed by atoms with Crippen LogP contribution in [0, 0.1) is 0 Å². The third-order valence-corrected chi connectivity index (χ3v) is 6.75. The first-order valence-corrected chi connectivity index (χ1v) is 14.2. The van der Waals surface area contributed by atoms with Crippen LogP contribution in [0.3, 0.4) is 0 Å². The zero-order valence-electron chi connectivity index (χ0n) is 24.3. The molecule has 0 aliphatic heterocycles. The molecule has 0 saturated carbocycles. The SMILES string of the molecule is CCCN(CCC)CCOCCN(C)C(=O)c1ccc(Nc2nccn3c(-c4ccc(OC(F)F)cc4)cnc23)cc1. The molecule has 0 aliphatic carbocycles. The molecular formula is C31H38F2N6O3. The highest BCUT2D eigenvalue weighted by Gasteiger charge is 2.14. The zero-order valence-corrected chi connectivity index (χ0v) is 24.3. The molecule has 0 aliphatic rings. The maximum Gasteiger partial charge on any atom is 0.387 e. The molecule has 0 fully saturated rings. The van der Waals surface area contributed by atoms with Crippen LogP contribution in [0.5, 0.6) is 5.75 Å². The maximum absolute atomic E-state index is 12.9. The molecule has 0 unspecified atom stereocenters.